The lowest BCUT2D eigenvalue weighted by Crippen LogP contribution is -2.29. The van der Waals surface area contributed by atoms with E-state index in [1.807, 2.05) is 76.3 Å². The molecule has 0 unspecified atom stereocenters. The fourth-order valence-electron chi connectivity index (χ4n) is 3.20. The van der Waals surface area contributed by atoms with E-state index in [1.165, 1.54) is 11.8 Å². The van der Waals surface area contributed by atoms with Crippen LogP contribution in [0.25, 0.3) is 0 Å². The van der Waals surface area contributed by atoms with Crippen LogP contribution >= 0.6 is 11.8 Å². The number of carbonyl (C=O) groups is 2. The van der Waals surface area contributed by atoms with Crippen LogP contribution in [0.4, 0.5) is 0 Å². The number of nitrogens with one attached hydrogen (secondary N) is 2. The van der Waals surface area contributed by atoms with E-state index in [1.54, 1.807) is 10.6 Å². The number of thioether (sulfide) groups is 1. The Morgan fingerprint density at radius 2 is 1.74 bits per heavy atom. The molecule has 0 bridgehead atoms. The zero-order valence-electron chi connectivity index (χ0n) is 18.1. The summed E-state index contributed by atoms with van der Waals surface area (Å²) in [5.74, 6) is 0.614. The van der Waals surface area contributed by atoms with Gasteiger partial charge >= 0.3 is 0 Å². The highest BCUT2D eigenvalue weighted by atomic mass is 32.2. The molecule has 3 rings (SSSR count). The molecule has 2 N–H and O–H groups in total. The van der Waals surface area contributed by atoms with E-state index in [0.717, 1.165) is 11.1 Å². The second kappa shape index (κ2) is 10.3. The summed E-state index contributed by atoms with van der Waals surface area (Å²) in [6.07, 6.45) is 0. The molecule has 3 aromatic rings. The lowest BCUT2D eigenvalue weighted by Gasteiger charge is -2.15. The molecular weight excluding hydrogens is 410 g/mol. The lowest BCUT2D eigenvalue weighted by molar-refractivity contribution is -0.119. The molecule has 2 amide bonds. The second-order valence-electron chi connectivity index (χ2n) is 7.45. The van der Waals surface area contributed by atoms with Gasteiger partial charge in [0.05, 0.1) is 17.8 Å². The molecule has 0 aliphatic heterocycles. The van der Waals surface area contributed by atoms with Crippen molar-refractivity contribution in [1.82, 2.24) is 25.4 Å². The van der Waals surface area contributed by atoms with Crippen molar-refractivity contribution in [2.45, 2.75) is 38.0 Å². The molecular formula is C23H27N5O2S. The molecule has 0 saturated carbocycles. The molecule has 162 valence electrons. The van der Waals surface area contributed by atoms with Crippen molar-refractivity contribution in [3.63, 3.8) is 0 Å². The summed E-state index contributed by atoms with van der Waals surface area (Å²) in [6.45, 7) is 5.76. The van der Waals surface area contributed by atoms with Gasteiger partial charge in [0.1, 0.15) is 0 Å². The standard InChI is InChI=1S/C23H27N5O2S/c1-15-9-8-12-19(13-15)22(30)25-17(3)21-26-27-23(28(21)4)31-14-20(29)24-16(2)18-10-6-5-7-11-18/h5-13,16-17H,14H2,1-4H3,(H,24,29)(H,25,30)/t16-,17-/m0/s1. The van der Waals surface area contributed by atoms with Crippen molar-refractivity contribution < 1.29 is 9.59 Å². The smallest absolute Gasteiger partial charge is 0.251 e. The largest absolute Gasteiger partial charge is 0.349 e. The highest BCUT2D eigenvalue weighted by Gasteiger charge is 2.19. The van der Waals surface area contributed by atoms with Crippen LogP contribution in [0.15, 0.2) is 59.8 Å². The zero-order valence-corrected chi connectivity index (χ0v) is 18.9. The average molecular weight is 438 g/mol. The third-order valence-electron chi connectivity index (χ3n) is 4.89. The van der Waals surface area contributed by atoms with Crippen molar-refractivity contribution in [2.24, 2.45) is 7.05 Å². The van der Waals surface area contributed by atoms with Crippen molar-refractivity contribution >= 4 is 23.6 Å². The van der Waals surface area contributed by atoms with Gasteiger partial charge in [-0.05, 0) is 38.5 Å². The number of benzene rings is 2. The number of aromatic nitrogens is 3. The van der Waals surface area contributed by atoms with E-state index >= 15 is 0 Å². The Morgan fingerprint density at radius 3 is 2.45 bits per heavy atom. The van der Waals surface area contributed by atoms with Gasteiger partial charge in [0, 0.05) is 12.6 Å². The molecule has 2 atom stereocenters. The third kappa shape index (κ3) is 5.95. The minimum atomic E-state index is -0.327. The minimum Gasteiger partial charge on any atom is -0.349 e. The minimum absolute atomic E-state index is 0.0683. The summed E-state index contributed by atoms with van der Waals surface area (Å²) in [5.41, 5.74) is 2.69. The van der Waals surface area contributed by atoms with Crippen molar-refractivity contribution in [2.75, 3.05) is 5.75 Å². The normalized spacial score (nSPS) is 12.8. The molecule has 7 nitrogen and oxygen atoms in total. The lowest BCUT2D eigenvalue weighted by atomic mass is 10.1. The Hall–Kier alpha value is -3.13. The summed E-state index contributed by atoms with van der Waals surface area (Å²) in [6, 6.07) is 16.9. The van der Waals surface area contributed by atoms with Gasteiger partial charge in [0.2, 0.25) is 5.91 Å². The van der Waals surface area contributed by atoms with Crippen LogP contribution in [0, 0.1) is 6.92 Å². The van der Waals surface area contributed by atoms with Gasteiger partial charge in [-0.2, -0.15) is 0 Å². The summed E-state index contributed by atoms with van der Waals surface area (Å²) in [4.78, 5) is 24.8. The maximum atomic E-state index is 12.5. The summed E-state index contributed by atoms with van der Waals surface area (Å²) in [5, 5.41) is 15.0. The van der Waals surface area contributed by atoms with Gasteiger partial charge < -0.3 is 15.2 Å². The first-order chi connectivity index (χ1) is 14.8. The first-order valence-electron chi connectivity index (χ1n) is 10.1. The van der Waals surface area contributed by atoms with Crippen LogP contribution < -0.4 is 10.6 Å². The number of hydrogen-bond acceptors (Lipinski definition) is 5. The molecule has 0 aliphatic carbocycles. The molecule has 0 radical (unpaired) electrons. The summed E-state index contributed by atoms with van der Waals surface area (Å²) in [7, 11) is 1.83. The number of hydrogen-bond donors (Lipinski definition) is 2. The van der Waals surface area contributed by atoms with Gasteiger partial charge in [-0.15, -0.1) is 10.2 Å². The Kier molecular flexibility index (Phi) is 7.46. The van der Waals surface area contributed by atoms with Gasteiger partial charge in [-0.3, -0.25) is 9.59 Å². The van der Waals surface area contributed by atoms with Gasteiger partial charge in [0.25, 0.3) is 5.91 Å². The second-order valence-corrected chi connectivity index (χ2v) is 8.40. The van der Waals surface area contributed by atoms with Crippen molar-refractivity contribution in [3.8, 4) is 0 Å². The van der Waals surface area contributed by atoms with E-state index in [-0.39, 0.29) is 29.7 Å². The third-order valence-corrected chi connectivity index (χ3v) is 5.91. The van der Waals surface area contributed by atoms with E-state index in [0.29, 0.717) is 16.5 Å². The fraction of sp³-hybridized carbons (Fsp3) is 0.304. The number of amides is 2. The topological polar surface area (TPSA) is 88.9 Å². The average Bonchev–Trinajstić information content (AvgIpc) is 3.13. The number of nitrogens with zero attached hydrogens (tertiary/aromatic N) is 3. The molecule has 0 fully saturated rings. The van der Waals surface area contributed by atoms with Crippen molar-refractivity contribution in [3.05, 3.63) is 77.1 Å². The quantitative estimate of drug-likeness (QED) is 0.526. The first-order valence-corrected chi connectivity index (χ1v) is 11.1. The highest BCUT2D eigenvalue weighted by Crippen LogP contribution is 2.20. The van der Waals surface area contributed by atoms with Gasteiger partial charge in [0.15, 0.2) is 11.0 Å². The summed E-state index contributed by atoms with van der Waals surface area (Å²) < 4.78 is 1.81. The van der Waals surface area contributed by atoms with Gasteiger partial charge in [-0.1, -0.05) is 59.8 Å². The molecule has 0 spiro atoms. The van der Waals surface area contributed by atoms with Crippen molar-refractivity contribution in [1.29, 1.82) is 0 Å². The molecule has 8 heteroatoms. The molecule has 1 heterocycles. The number of aryl methyl sites for hydroxylation is 1. The van der Waals surface area contributed by atoms with E-state index in [2.05, 4.69) is 20.8 Å². The molecule has 2 aromatic carbocycles. The molecule has 31 heavy (non-hydrogen) atoms. The highest BCUT2D eigenvalue weighted by molar-refractivity contribution is 7.99. The van der Waals surface area contributed by atoms with Gasteiger partial charge in [-0.25, -0.2) is 0 Å². The predicted octanol–water partition coefficient (Wildman–Crippen LogP) is 3.58. The molecule has 0 saturated heterocycles. The Bertz CT molecular complexity index is 1050. The van der Waals surface area contributed by atoms with E-state index in [4.69, 9.17) is 0 Å². The monoisotopic (exact) mass is 437 g/mol. The maximum absolute atomic E-state index is 12.5. The maximum Gasteiger partial charge on any atom is 0.251 e. The Balaban J connectivity index is 1.55. The van der Waals surface area contributed by atoms with Crippen LogP contribution in [0.1, 0.15) is 53.2 Å². The van der Waals surface area contributed by atoms with Crippen LogP contribution in [0.2, 0.25) is 0 Å². The van der Waals surface area contributed by atoms with Crippen LogP contribution in [-0.2, 0) is 11.8 Å². The van der Waals surface area contributed by atoms with E-state index < -0.39 is 0 Å². The molecule has 0 aliphatic rings. The van der Waals surface area contributed by atoms with Crippen LogP contribution in [0.3, 0.4) is 0 Å². The SMILES string of the molecule is Cc1cccc(C(=O)N[C@@H](C)c2nnc(SCC(=O)N[C@@H](C)c3ccccc3)n2C)c1. The number of rotatable bonds is 8. The Morgan fingerprint density at radius 1 is 1.00 bits per heavy atom. The van der Waals surface area contributed by atoms with Crippen LogP contribution in [0.5, 0.6) is 0 Å². The fourth-order valence-corrected chi connectivity index (χ4v) is 3.93. The predicted molar refractivity (Wildman–Crippen MR) is 122 cm³/mol. The number of carbonyl (C=O) groups excluding carboxylic acids is 2. The first kappa shape index (κ1) is 22.6. The summed E-state index contributed by atoms with van der Waals surface area (Å²) >= 11 is 1.31. The van der Waals surface area contributed by atoms with Crippen LogP contribution in [-0.4, -0.2) is 32.3 Å². The Labute approximate surface area is 186 Å². The zero-order chi connectivity index (χ0) is 22.4. The molecule has 1 aromatic heterocycles. The van der Waals surface area contributed by atoms with E-state index in [9.17, 15) is 9.59 Å².